The minimum absolute atomic E-state index is 0.370. The van der Waals surface area contributed by atoms with Gasteiger partial charge in [0.2, 0.25) is 0 Å². The number of terminal acetylenes is 1. The van der Waals surface area contributed by atoms with Crippen molar-refractivity contribution >= 4 is 0 Å². The zero-order chi connectivity index (χ0) is 11.8. The van der Waals surface area contributed by atoms with E-state index in [4.69, 9.17) is 12.2 Å². The molecular weight excluding hydrogens is 196 g/mol. The molecule has 1 aromatic rings. The third-order valence-corrected chi connectivity index (χ3v) is 2.80. The summed E-state index contributed by atoms with van der Waals surface area (Å²) in [6.45, 7) is 5.37. The van der Waals surface area contributed by atoms with Crippen LogP contribution in [0.1, 0.15) is 18.4 Å². The molecule has 2 nitrogen and oxygen atoms in total. The molecule has 16 heavy (non-hydrogen) atoms. The van der Waals surface area contributed by atoms with Gasteiger partial charge in [-0.05, 0) is 12.1 Å². The number of hydrogen-bond donors (Lipinski definition) is 1. The van der Waals surface area contributed by atoms with Crippen molar-refractivity contribution in [2.45, 2.75) is 12.8 Å². The minimum Gasteiger partial charge on any atom is -0.330 e. The Bertz CT molecular complexity index is 326. The number of hydrogen-bond acceptors (Lipinski definition) is 2. The summed E-state index contributed by atoms with van der Waals surface area (Å²) in [5.74, 6) is 3.05. The molecule has 0 saturated carbocycles. The molecule has 0 aliphatic carbocycles. The first-order chi connectivity index (χ1) is 7.81. The molecule has 0 radical (unpaired) electrons. The Morgan fingerprint density at radius 2 is 2.06 bits per heavy atom. The molecule has 2 N–H and O–H groups in total. The molecule has 0 aromatic heterocycles. The number of likely N-dealkylation sites (N-methyl/N-ethyl adjacent to an activating group) is 1. The van der Waals surface area contributed by atoms with Crippen molar-refractivity contribution in [3.05, 3.63) is 35.9 Å². The van der Waals surface area contributed by atoms with E-state index in [-0.39, 0.29) is 0 Å². The molecule has 0 amide bonds. The molecule has 1 unspecified atom stereocenters. The van der Waals surface area contributed by atoms with Crippen molar-refractivity contribution in [3.8, 4) is 12.3 Å². The lowest BCUT2D eigenvalue weighted by molar-refractivity contribution is 0.302. The van der Waals surface area contributed by atoms with Crippen LogP contribution in [0.5, 0.6) is 0 Å². The molecule has 1 rings (SSSR count). The molecule has 86 valence electrons. The van der Waals surface area contributed by atoms with Crippen molar-refractivity contribution in [2.75, 3.05) is 26.2 Å². The second kappa shape index (κ2) is 7.05. The third kappa shape index (κ3) is 3.69. The van der Waals surface area contributed by atoms with Gasteiger partial charge in [-0.3, -0.25) is 4.90 Å². The van der Waals surface area contributed by atoms with Gasteiger partial charge in [0.25, 0.3) is 0 Å². The quantitative estimate of drug-likeness (QED) is 0.733. The Labute approximate surface area is 98.4 Å². The van der Waals surface area contributed by atoms with Crippen LogP contribution in [0, 0.1) is 12.3 Å². The predicted octanol–water partition coefficient (Wildman–Crippen LogP) is 1.68. The van der Waals surface area contributed by atoms with Crippen LogP contribution in [0.15, 0.2) is 30.3 Å². The average Bonchev–Trinajstić information content (AvgIpc) is 2.35. The summed E-state index contributed by atoms with van der Waals surface area (Å²) in [6, 6.07) is 10.4. The predicted molar refractivity (Wildman–Crippen MR) is 69.2 cm³/mol. The molecule has 2 heteroatoms. The first-order valence-corrected chi connectivity index (χ1v) is 5.72. The fraction of sp³-hybridized carbons (Fsp3) is 0.429. The highest BCUT2D eigenvalue weighted by molar-refractivity contribution is 5.20. The summed E-state index contributed by atoms with van der Waals surface area (Å²) in [7, 11) is 0. The van der Waals surface area contributed by atoms with Gasteiger partial charge in [-0.15, -0.1) is 6.42 Å². The van der Waals surface area contributed by atoms with Gasteiger partial charge in [-0.25, -0.2) is 0 Å². The van der Waals surface area contributed by atoms with Gasteiger partial charge in [0.15, 0.2) is 0 Å². The zero-order valence-corrected chi connectivity index (χ0v) is 9.89. The molecule has 0 aliphatic heterocycles. The summed E-state index contributed by atoms with van der Waals surface area (Å²) in [5, 5.41) is 0. The highest BCUT2D eigenvalue weighted by Crippen LogP contribution is 2.15. The van der Waals surface area contributed by atoms with E-state index in [1.54, 1.807) is 0 Å². The molecule has 0 fully saturated rings. The molecule has 1 atom stereocenters. The van der Waals surface area contributed by atoms with E-state index in [1.807, 2.05) is 6.07 Å². The van der Waals surface area contributed by atoms with E-state index in [1.165, 1.54) is 5.56 Å². The van der Waals surface area contributed by atoms with Crippen molar-refractivity contribution in [1.29, 1.82) is 0 Å². The van der Waals surface area contributed by atoms with Crippen LogP contribution in [0.2, 0.25) is 0 Å². The monoisotopic (exact) mass is 216 g/mol. The number of benzene rings is 1. The maximum atomic E-state index is 5.83. The first-order valence-electron chi connectivity index (χ1n) is 5.72. The lowest BCUT2D eigenvalue weighted by Crippen LogP contribution is -2.32. The molecule has 0 aliphatic rings. The Kier molecular flexibility index (Phi) is 5.63. The van der Waals surface area contributed by atoms with Crippen LogP contribution in [-0.4, -0.2) is 31.1 Å². The van der Waals surface area contributed by atoms with Gasteiger partial charge in [0, 0.05) is 19.0 Å². The van der Waals surface area contributed by atoms with E-state index in [0.717, 1.165) is 13.1 Å². The molecule has 0 bridgehead atoms. The van der Waals surface area contributed by atoms with E-state index < -0.39 is 0 Å². The van der Waals surface area contributed by atoms with Crippen molar-refractivity contribution in [1.82, 2.24) is 4.90 Å². The van der Waals surface area contributed by atoms with Crippen LogP contribution < -0.4 is 5.73 Å². The standard InChI is InChI=1S/C14H20N2/c1-3-10-16(4-2)12-14(11-15)13-8-6-5-7-9-13/h1,5-9,14H,4,10-12,15H2,2H3. The van der Waals surface area contributed by atoms with Crippen LogP contribution >= 0.6 is 0 Å². The van der Waals surface area contributed by atoms with E-state index in [2.05, 4.69) is 42.0 Å². The van der Waals surface area contributed by atoms with E-state index >= 15 is 0 Å². The molecular formula is C14H20N2. The summed E-state index contributed by atoms with van der Waals surface area (Å²) in [6.07, 6.45) is 5.34. The number of rotatable bonds is 6. The fourth-order valence-electron chi connectivity index (χ4n) is 1.79. The van der Waals surface area contributed by atoms with Gasteiger partial charge in [0.05, 0.1) is 6.54 Å². The van der Waals surface area contributed by atoms with Crippen molar-refractivity contribution in [3.63, 3.8) is 0 Å². The smallest absolute Gasteiger partial charge is 0.0599 e. The molecule has 0 spiro atoms. The molecule has 1 aromatic carbocycles. The highest BCUT2D eigenvalue weighted by atomic mass is 15.1. The summed E-state index contributed by atoms with van der Waals surface area (Å²) in [4.78, 5) is 2.24. The van der Waals surface area contributed by atoms with E-state index in [9.17, 15) is 0 Å². The Balaban J connectivity index is 2.65. The zero-order valence-electron chi connectivity index (χ0n) is 9.89. The summed E-state index contributed by atoms with van der Waals surface area (Å²) in [5.41, 5.74) is 7.12. The lowest BCUT2D eigenvalue weighted by atomic mass is 9.99. The topological polar surface area (TPSA) is 29.3 Å². The Morgan fingerprint density at radius 3 is 2.56 bits per heavy atom. The third-order valence-electron chi connectivity index (χ3n) is 2.80. The van der Waals surface area contributed by atoms with Crippen molar-refractivity contribution in [2.24, 2.45) is 5.73 Å². The van der Waals surface area contributed by atoms with Crippen LogP contribution in [0.3, 0.4) is 0 Å². The van der Waals surface area contributed by atoms with Gasteiger partial charge >= 0.3 is 0 Å². The second-order valence-electron chi connectivity index (χ2n) is 3.88. The summed E-state index contributed by atoms with van der Waals surface area (Å²) >= 11 is 0. The van der Waals surface area contributed by atoms with Gasteiger partial charge < -0.3 is 5.73 Å². The van der Waals surface area contributed by atoms with Crippen molar-refractivity contribution < 1.29 is 0 Å². The lowest BCUT2D eigenvalue weighted by Gasteiger charge is -2.24. The SMILES string of the molecule is C#CCN(CC)CC(CN)c1ccccc1. The largest absolute Gasteiger partial charge is 0.330 e. The maximum Gasteiger partial charge on any atom is 0.0599 e. The van der Waals surface area contributed by atoms with Gasteiger partial charge in [-0.2, -0.15) is 0 Å². The maximum absolute atomic E-state index is 5.83. The second-order valence-corrected chi connectivity index (χ2v) is 3.88. The van der Waals surface area contributed by atoms with Gasteiger partial charge in [-0.1, -0.05) is 43.2 Å². The highest BCUT2D eigenvalue weighted by Gasteiger charge is 2.12. The first kappa shape index (κ1) is 12.8. The Hall–Kier alpha value is -1.30. The summed E-state index contributed by atoms with van der Waals surface area (Å²) < 4.78 is 0. The minimum atomic E-state index is 0.370. The van der Waals surface area contributed by atoms with Crippen LogP contribution in [-0.2, 0) is 0 Å². The Morgan fingerprint density at radius 1 is 1.38 bits per heavy atom. The fourth-order valence-corrected chi connectivity index (χ4v) is 1.79. The van der Waals surface area contributed by atoms with Crippen LogP contribution in [0.4, 0.5) is 0 Å². The molecule has 0 saturated heterocycles. The number of nitrogens with zero attached hydrogens (tertiary/aromatic N) is 1. The van der Waals surface area contributed by atoms with E-state index in [0.29, 0.717) is 19.0 Å². The molecule has 0 heterocycles. The normalized spacial score (nSPS) is 12.4. The van der Waals surface area contributed by atoms with Crippen LogP contribution in [0.25, 0.3) is 0 Å². The number of nitrogens with two attached hydrogens (primary N) is 1. The van der Waals surface area contributed by atoms with Gasteiger partial charge in [0.1, 0.15) is 0 Å². The average molecular weight is 216 g/mol.